The molecule has 1 heterocycles. The van der Waals surface area contributed by atoms with Crippen molar-refractivity contribution in [1.29, 1.82) is 0 Å². The Kier molecular flexibility index (Phi) is 2.70. The lowest BCUT2D eigenvalue weighted by atomic mass is 10.1. The summed E-state index contributed by atoms with van der Waals surface area (Å²) in [7, 11) is 1.54. The van der Waals surface area contributed by atoms with Gasteiger partial charge in [-0.2, -0.15) is 0 Å². The fourth-order valence-electron chi connectivity index (χ4n) is 1.16. The molecule has 0 saturated carbocycles. The van der Waals surface area contributed by atoms with Crippen LogP contribution in [0.25, 0.3) is 0 Å². The van der Waals surface area contributed by atoms with Crippen LogP contribution in [0.1, 0.15) is 31.0 Å². The second-order valence-corrected chi connectivity index (χ2v) is 2.94. The molecular weight excluding hydrogens is 156 g/mol. The SMILES string of the molecule is COc1n[nH]c(C(C)C)c1CO. The van der Waals surface area contributed by atoms with Gasteiger partial charge in [-0.05, 0) is 5.92 Å². The third kappa shape index (κ3) is 1.43. The van der Waals surface area contributed by atoms with Crippen molar-refractivity contribution in [3.05, 3.63) is 11.3 Å². The molecule has 0 aliphatic heterocycles. The highest BCUT2D eigenvalue weighted by Crippen LogP contribution is 2.24. The molecule has 0 aliphatic rings. The number of aromatic amines is 1. The van der Waals surface area contributed by atoms with Gasteiger partial charge in [0.05, 0.1) is 19.3 Å². The van der Waals surface area contributed by atoms with E-state index >= 15 is 0 Å². The minimum atomic E-state index is -0.0345. The lowest BCUT2D eigenvalue weighted by molar-refractivity contribution is 0.271. The Hall–Kier alpha value is -1.03. The molecule has 0 saturated heterocycles. The third-order valence-corrected chi connectivity index (χ3v) is 1.79. The predicted octanol–water partition coefficient (Wildman–Crippen LogP) is 1.03. The molecule has 0 aromatic carbocycles. The summed E-state index contributed by atoms with van der Waals surface area (Å²) in [5.41, 5.74) is 1.70. The Morgan fingerprint density at radius 2 is 2.25 bits per heavy atom. The van der Waals surface area contributed by atoms with Gasteiger partial charge in [-0.3, -0.25) is 5.10 Å². The summed E-state index contributed by atoms with van der Waals surface area (Å²) in [6.07, 6.45) is 0. The van der Waals surface area contributed by atoms with E-state index in [-0.39, 0.29) is 6.61 Å². The van der Waals surface area contributed by atoms with Crippen molar-refractivity contribution in [3.63, 3.8) is 0 Å². The van der Waals surface area contributed by atoms with Crippen LogP contribution in [0.5, 0.6) is 5.88 Å². The lowest BCUT2D eigenvalue weighted by Gasteiger charge is -2.03. The van der Waals surface area contributed by atoms with Gasteiger partial charge < -0.3 is 9.84 Å². The quantitative estimate of drug-likeness (QED) is 0.712. The fraction of sp³-hybridized carbons (Fsp3) is 0.625. The topological polar surface area (TPSA) is 58.1 Å². The van der Waals surface area contributed by atoms with Gasteiger partial charge >= 0.3 is 0 Å². The van der Waals surface area contributed by atoms with Gasteiger partial charge in [0.1, 0.15) is 0 Å². The average molecular weight is 170 g/mol. The van der Waals surface area contributed by atoms with E-state index in [0.29, 0.717) is 11.8 Å². The Morgan fingerprint density at radius 3 is 2.67 bits per heavy atom. The van der Waals surface area contributed by atoms with Crippen molar-refractivity contribution in [2.45, 2.75) is 26.4 Å². The molecule has 0 spiro atoms. The van der Waals surface area contributed by atoms with E-state index in [1.165, 1.54) is 0 Å². The normalized spacial score (nSPS) is 10.8. The zero-order valence-corrected chi connectivity index (χ0v) is 7.59. The maximum Gasteiger partial charge on any atom is 0.238 e. The van der Waals surface area contributed by atoms with Crippen molar-refractivity contribution in [2.24, 2.45) is 0 Å². The molecule has 0 unspecified atom stereocenters. The van der Waals surface area contributed by atoms with E-state index in [0.717, 1.165) is 11.3 Å². The largest absolute Gasteiger partial charge is 0.480 e. The van der Waals surface area contributed by atoms with Gasteiger partial charge in [0.2, 0.25) is 5.88 Å². The maximum atomic E-state index is 9.03. The molecule has 4 heteroatoms. The lowest BCUT2D eigenvalue weighted by Crippen LogP contribution is -1.95. The van der Waals surface area contributed by atoms with Crippen LogP contribution in [0, 0.1) is 0 Å². The number of aliphatic hydroxyl groups is 1. The summed E-state index contributed by atoms with van der Waals surface area (Å²) in [5, 5.41) is 15.8. The summed E-state index contributed by atoms with van der Waals surface area (Å²) < 4.78 is 4.96. The Morgan fingerprint density at radius 1 is 1.58 bits per heavy atom. The predicted molar refractivity (Wildman–Crippen MR) is 45.2 cm³/mol. The van der Waals surface area contributed by atoms with E-state index in [4.69, 9.17) is 9.84 Å². The summed E-state index contributed by atoms with van der Waals surface area (Å²) in [6, 6.07) is 0. The summed E-state index contributed by atoms with van der Waals surface area (Å²) >= 11 is 0. The molecule has 1 aromatic heterocycles. The fourth-order valence-corrected chi connectivity index (χ4v) is 1.16. The monoisotopic (exact) mass is 170 g/mol. The van der Waals surface area contributed by atoms with Gasteiger partial charge in [0.15, 0.2) is 0 Å². The van der Waals surface area contributed by atoms with Gasteiger partial charge in [0.25, 0.3) is 0 Å². The van der Waals surface area contributed by atoms with Crippen LogP contribution < -0.4 is 4.74 Å². The van der Waals surface area contributed by atoms with Crippen molar-refractivity contribution in [3.8, 4) is 5.88 Å². The standard InChI is InChI=1S/C8H14N2O2/c1-5(2)7-6(4-11)8(12-3)10-9-7/h5,11H,4H2,1-3H3,(H,9,10). The number of aromatic nitrogens is 2. The Labute approximate surface area is 71.6 Å². The van der Waals surface area contributed by atoms with Gasteiger partial charge in [-0.25, -0.2) is 0 Å². The molecular formula is C8H14N2O2. The summed E-state index contributed by atoms with van der Waals surface area (Å²) in [4.78, 5) is 0. The number of nitrogens with one attached hydrogen (secondary N) is 1. The molecule has 0 fully saturated rings. The first-order chi connectivity index (χ1) is 5.70. The van der Waals surface area contributed by atoms with Gasteiger partial charge in [-0.1, -0.05) is 13.8 Å². The second kappa shape index (κ2) is 3.58. The number of ether oxygens (including phenoxy) is 1. The van der Waals surface area contributed by atoms with E-state index < -0.39 is 0 Å². The zero-order valence-electron chi connectivity index (χ0n) is 7.59. The Bertz CT molecular complexity index is 256. The van der Waals surface area contributed by atoms with E-state index in [1.807, 2.05) is 13.8 Å². The highest BCUT2D eigenvalue weighted by molar-refractivity contribution is 5.31. The molecule has 4 nitrogen and oxygen atoms in total. The van der Waals surface area contributed by atoms with Crippen LogP contribution >= 0.6 is 0 Å². The zero-order chi connectivity index (χ0) is 9.14. The van der Waals surface area contributed by atoms with Crippen molar-refractivity contribution in [1.82, 2.24) is 10.2 Å². The second-order valence-electron chi connectivity index (χ2n) is 2.94. The number of aliphatic hydroxyl groups excluding tert-OH is 1. The van der Waals surface area contributed by atoms with E-state index in [9.17, 15) is 0 Å². The molecule has 12 heavy (non-hydrogen) atoms. The summed E-state index contributed by atoms with van der Waals surface area (Å²) in [5.74, 6) is 0.810. The van der Waals surface area contributed by atoms with Crippen LogP contribution in [0.2, 0.25) is 0 Å². The minimum Gasteiger partial charge on any atom is -0.480 e. The van der Waals surface area contributed by atoms with Crippen LogP contribution in [-0.4, -0.2) is 22.4 Å². The van der Waals surface area contributed by atoms with Crippen molar-refractivity contribution >= 4 is 0 Å². The van der Waals surface area contributed by atoms with Crippen LogP contribution in [0.3, 0.4) is 0 Å². The average Bonchev–Trinajstić information content (AvgIpc) is 2.46. The van der Waals surface area contributed by atoms with E-state index in [1.54, 1.807) is 7.11 Å². The van der Waals surface area contributed by atoms with Gasteiger partial charge in [-0.15, -0.1) is 5.10 Å². The van der Waals surface area contributed by atoms with Crippen LogP contribution in [0.15, 0.2) is 0 Å². The molecule has 0 radical (unpaired) electrons. The van der Waals surface area contributed by atoms with Crippen molar-refractivity contribution < 1.29 is 9.84 Å². The van der Waals surface area contributed by atoms with Crippen LogP contribution in [-0.2, 0) is 6.61 Å². The molecule has 1 aromatic rings. The number of nitrogens with zero attached hydrogens (tertiary/aromatic N) is 1. The minimum absolute atomic E-state index is 0.0345. The number of hydrogen-bond acceptors (Lipinski definition) is 3. The third-order valence-electron chi connectivity index (χ3n) is 1.79. The molecule has 0 atom stereocenters. The van der Waals surface area contributed by atoms with Crippen molar-refractivity contribution in [2.75, 3.05) is 7.11 Å². The number of hydrogen-bond donors (Lipinski definition) is 2. The molecule has 68 valence electrons. The number of rotatable bonds is 3. The molecule has 0 amide bonds. The number of methoxy groups -OCH3 is 1. The highest BCUT2D eigenvalue weighted by Gasteiger charge is 2.14. The molecule has 1 rings (SSSR count). The first-order valence-corrected chi connectivity index (χ1v) is 3.92. The highest BCUT2D eigenvalue weighted by atomic mass is 16.5. The smallest absolute Gasteiger partial charge is 0.238 e. The molecule has 2 N–H and O–H groups in total. The Balaban J connectivity index is 3.05. The molecule has 0 aliphatic carbocycles. The summed E-state index contributed by atoms with van der Waals surface area (Å²) in [6.45, 7) is 4.03. The van der Waals surface area contributed by atoms with Crippen LogP contribution in [0.4, 0.5) is 0 Å². The van der Waals surface area contributed by atoms with E-state index in [2.05, 4.69) is 10.2 Å². The molecule has 0 bridgehead atoms. The maximum absolute atomic E-state index is 9.03. The first-order valence-electron chi connectivity index (χ1n) is 3.92. The first kappa shape index (κ1) is 9.06. The number of H-pyrrole nitrogens is 1. The van der Waals surface area contributed by atoms with Gasteiger partial charge in [0, 0.05) is 5.69 Å².